The number of hydrogen-bond acceptors (Lipinski definition) is 6. The Bertz CT molecular complexity index is 787. The standard InChI is InChI=1S/C20H27N3O4/c1-13(2)15-10-18(27-22-15)16-5-4-8-23(16)11-14-6-7-17(19(9-14)25-3)26-12-20(21)24/h6-7,9-10,13,16H,4-5,8,11-12H2,1-3H3,(H2,21,24)/t16-/m0/s1. The van der Waals surface area contributed by atoms with E-state index in [0.29, 0.717) is 17.4 Å². The second-order valence-electron chi connectivity index (χ2n) is 7.18. The number of carbonyl (C=O) groups is 1. The summed E-state index contributed by atoms with van der Waals surface area (Å²) in [5.41, 5.74) is 7.24. The summed E-state index contributed by atoms with van der Waals surface area (Å²) < 4.78 is 16.4. The van der Waals surface area contributed by atoms with E-state index >= 15 is 0 Å². The van der Waals surface area contributed by atoms with Crippen LogP contribution in [0.5, 0.6) is 11.5 Å². The van der Waals surface area contributed by atoms with Gasteiger partial charge >= 0.3 is 0 Å². The third-order valence-corrected chi connectivity index (χ3v) is 4.81. The number of carbonyl (C=O) groups excluding carboxylic acids is 1. The molecule has 1 atom stereocenters. The number of aromatic nitrogens is 1. The van der Waals surface area contributed by atoms with Gasteiger partial charge in [0.05, 0.1) is 18.8 Å². The molecule has 3 rings (SSSR count). The van der Waals surface area contributed by atoms with Crippen LogP contribution in [0.3, 0.4) is 0 Å². The van der Waals surface area contributed by atoms with Gasteiger partial charge in [-0.3, -0.25) is 9.69 Å². The van der Waals surface area contributed by atoms with Crippen molar-refractivity contribution in [3.8, 4) is 11.5 Å². The molecule has 0 spiro atoms. The maximum atomic E-state index is 10.9. The van der Waals surface area contributed by atoms with Crippen molar-refractivity contribution in [2.75, 3.05) is 20.3 Å². The first-order valence-electron chi connectivity index (χ1n) is 9.26. The zero-order chi connectivity index (χ0) is 19.4. The summed E-state index contributed by atoms with van der Waals surface area (Å²) in [4.78, 5) is 13.3. The Morgan fingerprint density at radius 2 is 2.19 bits per heavy atom. The van der Waals surface area contributed by atoms with Crippen LogP contribution in [-0.4, -0.2) is 36.2 Å². The van der Waals surface area contributed by atoms with Crippen molar-refractivity contribution >= 4 is 5.91 Å². The minimum absolute atomic E-state index is 0.173. The Hall–Kier alpha value is -2.54. The van der Waals surface area contributed by atoms with Gasteiger partial charge in [-0.05, 0) is 43.0 Å². The molecule has 146 valence electrons. The van der Waals surface area contributed by atoms with Gasteiger partial charge in [0.2, 0.25) is 0 Å². The molecule has 0 aliphatic carbocycles. The predicted molar refractivity (Wildman–Crippen MR) is 101 cm³/mol. The minimum Gasteiger partial charge on any atom is -0.493 e. The van der Waals surface area contributed by atoms with Gasteiger partial charge in [-0.1, -0.05) is 25.1 Å². The highest BCUT2D eigenvalue weighted by Crippen LogP contribution is 2.35. The number of ether oxygens (including phenoxy) is 2. The molecule has 0 bridgehead atoms. The number of benzene rings is 1. The van der Waals surface area contributed by atoms with E-state index in [1.807, 2.05) is 18.2 Å². The molecule has 7 heteroatoms. The highest BCUT2D eigenvalue weighted by molar-refractivity contribution is 5.75. The Morgan fingerprint density at radius 3 is 2.85 bits per heavy atom. The van der Waals surface area contributed by atoms with Crippen LogP contribution in [0.15, 0.2) is 28.8 Å². The molecule has 1 aliphatic rings. The molecule has 7 nitrogen and oxygen atoms in total. The summed E-state index contributed by atoms with van der Waals surface area (Å²) in [6.07, 6.45) is 2.18. The maximum absolute atomic E-state index is 10.9. The highest BCUT2D eigenvalue weighted by atomic mass is 16.5. The lowest BCUT2D eigenvalue weighted by atomic mass is 10.1. The van der Waals surface area contributed by atoms with E-state index < -0.39 is 5.91 Å². The molecule has 2 aromatic rings. The van der Waals surface area contributed by atoms with E-state index in [9.17, 15) is 4.79 Å². The Labute approximate surface area is 159 Å². The fourth-order valence-electron chi connectivity index (χ4n) is 3.38. The van der Waals surface area contributed by atoms with E-state index in [2.05, 4.69) is 30.0 Å². The van der Waals surface area contributed by atoms with Crippen molar-refractivity contribution < 1.29 is 18.8 Å². The van der Waals surface area contributed by atoms with Gasteiger partial charge in [-0.15, -0.1) is 0 Å². The lowest BCUT2D eigenvalue weighted by Crippen LogP contribution is -2.22. The number of likely N-dealkylation sites (tertiary alicyclic amines) is 1. The molecule has 0 radical (unpaired) electrons. The number of hydrogen-bond donors (Lipinski definition) is 1. The van der Waals surface area contributed by atoms with Gasteiger partial charge in [0, 0.05) is 12.6 Å². The van der Waals surface area contributed by atoms with Crippen molar-refractivity contribution in [2.45, 2.75) is 45.2 Å². The van der Waals surface area contributed by atoms with Crippen LogP contribution < -0.4 is 15.2 Å². The second-order valence-corrected chi connectivity index (χ2v) is 7.18. The van der Waals surface area contributed by atoms with Gasteiger partial charge in [0.25, 0.3) is 5.91 Å². The maximum Gasteiger partial charge on any atom is 0.255 e. The number of nitrogens with two attached hydrogens (primary N) is 1. The average Bonchev–Trinajstić information content (AvgIpc) is 3.29. The van der Waals surface area contributed by atoms with Gasteiger partial charge < -0.3 is 19.7 Å². The zero-order valence-electron chi connectivity index (χ0n) is 16.1. The van der Waals surface area contributed by atoms with Crippen LogP contribution in [-0.2, 0) is 11.3 Å². The number of methoxy groups -OCH3 is 1. The van der Waals surface area contributed by atoms with Gasteiger partial charge in [0.1, 0.15) is 0 Å². The number of primary amides is 1. The van der Waals surface area contributed by atoms with Crippen molar-refractivity contribution in [3.63, 3.8) is 0 Å². The largest absolute Gasteiger partial charge is 0.493 e. The predicted octanol–water partition coefficient (Wildman–Crippen LogP) is 3.01. The van der Waals surface area contributed by atoms with Crippen molar-refractivity contribution in [3.05, 3.63) is 41.3 Å². The summed E-state index contributed by atoms with van der Waals surface area (Å²) >= 11 is 0. The molecule has 1 aromatic heterocycles. The Kier molecular flexibility index (Phi) is 6.01. The molecule has 2 N–H and O–H groups in total. The first-order valence-corrected chi connectivity index (χ1v) is 9.26. The monoisotopic (exact) mass is 373 g/mol. The number of nitrogens with zero attached hydrogens (tertiary/aromatic N) is 2. The van der Waals surface area contributed by atoms with E-state index in [1.165, 1.54) is 0 Å². The topological polar surface area (TPSA) is 90.8 Å². The molecule has 1 saturated heterocycles. The highest BCUT2D eigenvalue weighted by Gasteiger charge is 2.29. The fourth-order valence-corrected chi connectivity index (χ4v) is 3.38. The molecule has 1 aromatic carbocycles. The molecule has 1 amide bonds. The molecule has 1 fully saturated rings. The van der Waals surface area contributed by atoms with E-state index in [-0.39, 0.29) is 12.6 Å². The number of rotatable bonds is 8. The first-order chi connectivity index (χ1) is 13.0. The molecular formula is C20H27N3O4. The van der Waals surface area contributed by atoms with Crippen molar-refractivity contribution in [2.24, 2.45) is 5.73 Å². The van der Waals surface area contributed by atoms with Crippen LogP contribution in [0.1, 0.15) is 55.7 Å². The summed E-state index contributed by atoms with van der Waals surface area (Å²) in [5.74, 6) is 1.87. The summed E-state index contributed by atoms with van der Waals surface area (Å²) in [6.45, 7) is 5.83. The lowest BCUT2D eigenvalue weighted by Gasteiger charge is -2.23. The fraction of sp³-hybridized carbons (Fsp3) is 0.500. The minimum atomic E-state index is -0.520. The summed E-state index contributed by atoms with van der Waals surface area (Å²) in [6, 6.07) is 8.05. The van der Waals surface area contributed by atoms with Gasteiger partial charge in [-0.2, -0.15) is 0 Å². The Balaban J connectivity index is 1.72. The summed E-state index contributed by atoms with van der Waals surface area (Å²) in [7, 11) is 1.58. The quantitative estimate of drug-likeness (QED) is 0.765. The van der Waals surface area contributed by atoms with Gasteiger partial charge in [-0.25, -0.2) is 0 Å². The van der Waals surface area contributed by atoms with Crippen molar-refractivity contribution in [1.29, 1.82) is 0 Å². The normalized spacial score (nSPS) is 17.4. The molecular weight excluding hydrogens is 346 g/mol. The van der Waals surface area contributed by atoms with E-state index in [1.54, 1.807) is 7.11 Å². The third kappa shape index (κ3) is 4.60. The molecule has 0 saturated carbocycles. The molecule has 27 heavy (non-hydrogen) atoms. The average molecular weight is 373 g/mol. The van der Waals surface area contributed by atoms with Crippen LogP contribution in [0.25, 0.3) is 0 Å². The second kappa shape index (κ2) is 8.43. The molecule has 2 heterocycles. The summed E-state index contributed by atoms with van der Waals surface area (Å²) in [5, 5.41) is 4.20. The lowest BCUT2D eigenvalue weighted by molar-refractivity contribution is -0.119. The molecule has 0 unspecified atom stereocenters. The van der Waals surface area contributed by atoms with Crippen LogP contribution >= 0.6 is 0 Å². The smallest absolute Gasteiger partial charge is 0.255 e. The van der Waals surface area contributed by atoms with E-state index in [0.717, 1.165) is 42.9 Å². The van der Waals surface area contributed by atoms with Gasteiger partial charge in [0.15, 0.2) is 23.9 Å². The first kappa shape index (κ1) is 19.2. The number of amides is 1. The molecule has 1 aliphatic heterocycles. The van der Waals surface area contributed by atoms with Crippen LogP contribution in [0, 0.1) is 0 Å². The third-order valence-electron chi connectivity index (χ3n) is 4.81. The SMILES string of the molecule is COc1cc(CN2CCC[C@H]2c2cc(C(C)C)no2)ccc1OCC(N)=O. The van der Waals surface area contributed by atoms with Crippen LogP contribution in [0.2, 0.25) is 0 Å². The van der Waals surface area contributed by atoms with Crippen LogP contribution in [0.4, 0.5) is 0 Å². The Morgan fingerprint density at radius 1 is 1.37 bits per heavy atom. The van der Waals surface area contributed by atoms with E-state index in [4.69, 9.17) is 19.7 Å². The van der Waals surface area contributed by atoms with Crippen molar-refractivity contribution in [1.82, 2.24) is 10.1 Å². The zero-order valence-corrected chi connectivity index (χ0v) is 16.1.